The van der Waals surface area contributed by atoms with Gasteiger partial charge in [-0.1, -0.05) is 20.8 Å². The number of aliphatic hydroxyl groups is 2. The van der Waals surface area contributed by atoms with Gasteiger partial charge in [0.2, 0.25) is 0 Å². The molecule has 0 aromatic rings. The molecule has 0 amide bonds. The molecule has 4 rings (SSSR count). The molecule has 0 radical (unpaired) electrons. The van der Waals surface area contributed by atoms with Crippen molar-refractivity contribution in [1.82, 2.24) is 0 Å². The molecule has 0 aromatic carbocycles. The van der Waals surface area contributed by atoms with E-state index in [1.54, 1.807) is 0 Å². The highest BCUT2D eigenvalue weighted by Crippen LogP contribution is 2.68. The molecule has 168 valence electrons. The lowest BCUT2D eigenvalue weighted by atomic mass is 9.43. The highest BCUT2D eigenvalue weighted by molar-refractivity contribution is 5.12. The molecule has 4 aliphatic rings. The highest BCUT2D eigenvalue weighted by atomic mass is 16.5. The van der Waals surface area contributed by atoms with Crippen molar-refractivity contribution >= 4 is 0 Å². The predicted molar refractivity (Wildman–Crippen MR) is 117 cm³/mol. The van der Waals surface area contributed by atoms with Crippen molar-refractivity contribution < 1.29 is 14.9 Å². The molecule has 3 nitrogen and oxygen atoms in total. The first-order chi connectivity index (χ1) is 13.7. The number of rotatable bonds is 5. The minimum atomic E-state index is -0.208. The summed E-state index contributed by atoms with van der Waals surface area (Å²) in [5.74, 6) is 4.16. The van der Waals surface area contributed by atoms with E-state index in [2.05, 4.69) is 20.8 Å². The number of hydrogen-bond acceptors (Lipinski definition) is 3. The van der Waals surface area contributed by atoms with Crippen LogP contribution >= 0.6 is 0 Å². The molecule has 0 bridgehead atoms. The minimum Gasteiger partial charge on any atom is -0.393 e. The van der Waals surface area contributed by atoms with Gasteiger partial charge in [0.25, 0.3) is 0 Å². The van der Waals surface area contributed by atoms with Crippen LogP contribution in [0, 0.1) is 46.3 Å². The first-order valence-electron chi connectivity index (χ1n) is 12.6. The summed E-state index contributed by atoms with van der Waals surface area (Å²) in [6, 6.07) is 0. The van der Waals surface area contributed by atoms with Crippen LogP contribution in [-0.2, 0) is 4.74 Å². The van der Waals surface area contributed by atoms with Crippen molar-refractivity contribution in [2.24, 2.45) is 46.3 Å². The van der Waals surface area contributed by atoms with E-state index in [1.165, 1.54) is 44.9 Å². The molecular formula is C26H46O3. The van der Waals surface area contributed by atoms with Gasteiger partial charge in [-0.05, 0) is 117 Å². The second kappa shape index (κ2) is 8.10. The van der Waals surface area contributed by atoms with Crippen molar-refractivity contribution in [3.63, 3.8) is 0 Å². The number of aliphatic hydroxyl groups excluding tert-OH is 2. The van der Waals surface area contributed by atoms with E-state index < -0.39 is 0 Å². The molecule has 29 heavy (non-hydrogen) atoms. The van der Waals surface area contributed by atoms with Gasteiger partial charge in [-0.2, -0.15) is 0 Å². The van der Waals surface area contributed by atoms with Gasteiger partial charge in [-0.25, -0.2) is 0 Å². The quantitative estimate of drug-likeness (QED) is 0.640. The molecule has 4 saturated carbocycles. The third-order valence-electron chi connectivity index (χ3n) is 10.9. The van der Waals surface area contributed by atoms with Crippen LogP contribution in [0.25, 0.3) is 0 Å². The Morgan fingerprint density at radius 2 is 1.72 bits per heavy atom. The van der Waals surface area contributed by atoms with Crippen LogP contribution in [0.15, 0.2) is 0 Å². The molecular weight excluding hydrogens is 360 g/mol. The van der Waals surface area contributed by atoms with Crippen LogP contribution in [0.1, 0.15) is 91.9 Å². The molecule has 0 spiro atoms. The summed E-state index contributed by atoms with van der Waals surface area (Å²) in [5, 5.41) is 21.4. The fourth-order valence-electron chi connectivity index (χ4n) is 9.06. The average Bonchev–Trinajstić information content (AvgIpc) is 3.05. The maximum absolute atomic E-state index is 11.6. The molecule has 11 unspecified atom stereocenters. The van der Waals surface area contributed by atoms with Crippen LogP contribution in [0.2, 0.25) is 0 Å². The largest absolute Gasteiger partial charge is 0.393 e. The number of methoxy groups -OCH3 is 1. The lowest BCUT2D eigenvalue weighted by Crippen LogP contribution is -2.58. The van der Waals surface area contributed by atoms with Gasteiger partial charge in [0.05, 0.1) is 18.3 Å². The summed E-state index contributed by atoms with van der Waals surface area (Å²) in [5.41, 5.74) is 0.475. The van der Waals surface area contributed by atoms with E-state index in [1.807, 2.05) is 14.0 Å². The topological polar surface area (TPSA) is 49.7 Å². The van der Waals surface area contributed by atoms with Gasteiger partial charge in [-0.15, -0.1) is 0 Å². The second-order valence-corrected chi connectivity index (χ2v) is 12.0. The molecule has 4 aliphatic carbocycles. The van der Waals surface area contributed by atoms with E-state index in [0.29, 0.717) is 35.2 Å². The lowest BCUT2D eigenvalue weighted by molar-refractivity contribution is -0.176. The zero-order valence-electron chi connectivity index (χ0n) is 19.6. The Morgan fingerprint density at radius 3 is 2.41 bits per heavy atom. The second-order valence-electron chi connectivity index (χ2n) is 12.0. The van der Waals surface area contributed by atoms with Gasteiger partial charge in [0.15, 0.2) is 0 Å². The first-order valence-corrected chi connectivity index (χ1v) is 12.6. The van der Waals surface area contributed by atoms with Crippen molar-refractivity contribution in [2.75, 3.05) is 7.11 Å². The summed E-state index contributed by atoms with van der Waals surface area (Å²) in [4.78, 5) is 0. The van der Waals surface area contributed by atoms with Crippen molar-refractivity contribution in [2.45, 2.75) is 110 Å². The Balaban J connectivity index is 1.54. The standard InChI is InChI=1S/C26H46O3/c1-16(6-7-17(2)27)21-10-11-22-20-9-8-18-14-19(29-5)12-13-25(18,3)23(20)15-24(28)26(21,22)4/h16-24,27-28H,6-15H2,1-5H3. The molecule has 0 heterocycles. The van der Waals surface area contributed by atoms with Crippen LogP contribution < -0.4 is 0 Å². The predicted octanol–water partition coefficient (Wildman–Crippen LogP) is 5.43. The van der Waals surface area contributed by atoms with Gasteiger partial charge in [0.1, 0.15) is 0 Å². The Labute approximate surface area is 179 Å². The first kappa shape index (κ1) is 22.1. The Morgan fingerprint density at radius 1 is 0.966 bits per heavy atom. The van der Waals surface area contributed by atoms with Crippen LogP contribution in [0.3, 0.4) is 0 Å². The average molecular weight is 407 g/mol. The summed E-state index contributed by atoms with van der Waals surface area (Å²) in [7, 11) is 1.88. The molecule has 3 heteroatoms. The molecule has 4 fully saturated rings. The van der Waals surface area contributed by atoms with Crippen molar-refractivity contribution in [1.29, 1.82) is 0 Å². The molecule has 11 atom stereocenters. The third-order valence-corrected chi connectivity index (χ3v) is 10.9. The van der Waals surface area contributed by atoms with Gasteiger partial charge in [-0.3, -0.25) is 0 Å². The highest BCUT2D eigenvalue weighted by Gasteiger charge is 2.63. The lowest BCUT2D eigenvalue weighted by Gasteiger charge is -2.62. The van der Waals surface area contributed by atoms with Gasteiger partial charge >= 0.3 is 0 Å². The fourth-order valence-corrected chi connectivity index (χ4v) is 9.06. The Kier molecular flexibility index (Phi) is 6.17. The van der Waals surface area contributed by atoms with Crippen molar-refractivity contribution in [3.05, 3.63) is 0 Å². The van der Waals surface area contributed by atoms with E-state index in [9.17, 15) is 10.2 Å². The number of hydrogen-bond donors (Lipinski definition) is 2. The maximum Gasteiger partial charge on any atom is 0.0602 e. The van der Waals surface area contributed by atoms with Crippen molar-refractivity contribution in [3.8, 4) is 0 Å². The van der Waals surface area contributed by atoms with E-state index in [0.717, 1.165) is 31.1 Å². The maximum atomic E-state index is 11.6. The molecule has 0 saturated heterocycles. The fraction of sp³-hybridized carbons (Fsp3) is 1.00. The normalized spacial score (nSPS) is 51.6. The SMILES string of the molecule is COC1CCC2(C)C(CCC3C2CC(O)C2(C)C(C(C)CCC(C)O)CCC32)C1. The smallest absolute Gasteiger partial charge is 0.0602 e. The molecule has 0 aliphatic heterocycles. The van der Waals surface area contributed by atoms with Gasteiger partial charge < -0.3 is 14.9 Å². The third kappa shape index (κ3) is 3.52. The summed E-state index contributed by atoms with van der Waals surface area (Å²) in [6.45, 7) is 9.28. The zero-order valence-corrected chi connectivity index (χ0v) is 19.6. The summed E-state index contributed by atoms with van der Waals surface area (Å²) in [6.07, 6.45) is 12.1. The summed E-state index contributed by atoms with van der Waals surface area (Å²) >= 11 is 0. The van der Waals surface area contributed by atoms with E-state index in [4.69, 9.17) is 4.74 Å². The Hall–Kier alpha value is -0.120. The van der Waals surface area contributed by atoms with Crippen LogP contribution in [0.4, 0.5) is 0 Å². The number of fused-ring (bicyclic) bond motifs is 5. The van der Waals surface area contributed by atoms with Crippen LogP contribution in [0.5, 0.6) is 0 Å². The molecule has 0 aromatic heterocycles. The van der Waals surface area contributed by atoms with Gasteiger partial charge in [0, 0.05) is 7.11 Å². The van der Waals surface area contributed by atoms with E-state index in [-0.39, 0.29) is 17.6 Å². The van der Waals surface area contributed by atoms with E-state index >= 15 is 0 Å². The number of ether oxygens (including phenoxy) is 1. The zero-order chi connectivity index (χ0) is 21.0. The van der Waals surface area contributed by atoms with Crippen LogP contribution in [-0.4, -0.2) is 35.6 Å². The minimum absolute atomic E-state index is 0.0756. The monoisotopic (exact) mass is 406 g/mol. The Bertz CT molecular complexity index is 576. The molecule has 2 N–H and O–H groups in total. The summed E-state index contributed by atoms with van der Waals surface area (Å²) < 4.78 is 5.74.